The zero-order valence-corrected chi connectivity index (χ0v) is 22.1. The maximum atomic E-state index is 15.0. The highest BCUT2D eigenvalue weighted by Crippen LogP contribution is 2.53. The molecule has 2 saturated heterocycles. The van der Waals surface area contributed by atoms with Gasteiger partial charge in [-0.2, -0.15) is 13.2 Å². The van der Waals surface area contributed by atoms with Crippen molar-refractivity contribution in [3.05, 3.63) is 53.8 Å². The number of halogens is 4. The number of carbonyl (C=O) groups is 1. The largest absolute Gasteiger partial charge is 0.493 e. The van der Waals surface area contributed by atoms with E-state index in [1.54, 1.807) is 41.3 Å². The molecule has 2 aromatic rings. The minimum Gasteiger partial charge on any atom is -0.493 e. The molecule has 39 heavy (non-hydrogen) atoms. The highest BCUT2D eigenvalue weighted by molar-refractivity contribution is 5.95. The Kier molecular flexibility index (Phi) is 8.19. The number of hydrogen-bond acceptors (Lipinski definition) is 4. The topological polar surface area (TPSA) is 53.0 Å². The van der Waals surface area contributed by atoms with Crippen molar-refractivity contribution in [3.63, 3.8) is 0 Å². The summed E-state index contributed by atoms with van der Waals surface area (Å²) in [5.74, 6) is 0.181. The van der Waals surface area contributed by atoms with Gasteiger partial charge in [0.05, 0.1) is 24.7 Å². The molecule has 3 fully saturated rings. The van der Waals surface area contributed by atoms with Crippen LogP contribution in [0.5, 0.6) is 5.75 Å². The standard InChI is InChI=1S/C30H36F4N2O3/c31-27-17-23(28(38)36-14-1-3-24(36)18-37)6-9-26(27)22-4-7-25(8-5-22)39-19-21-10-15-35(16-11-21)20-29(12-2-13-29)30(32,33)34/h4-9,17,21,24,37H,1-3,10-16,18-20H2/t24-/m1/s1. The van der Waals surface area contributed by atoms with E-state index in [0.717, 1.165) is 25.7 Å². The van der Waals surface area contributed by atoms with Gasteiger partial charge in [-0.05, 0) is 87.4 Å². The van der Waals surface area contributed by atoms with E-state index in [1.165, 1.54) is 6.07 Å². The average molecular weight is 549 g/mol. The van der Waals surface area contributed by atoms with Crippen LogP contribution in [-0.2, 0) is 0 Å². The van der Waals surface area contributed by atoms with E-state index in [2.05, 4.69) is 0 Å². The first-order chi connectivity index (χ1) is 18.7. The summed E-state index contributed by atoms with van der Waals surface area (Å²) >= 11 is 0. The molecule has 2 heterocycles. The number of ether oxygens (including phenoxy) is 1. The normalized spacial score (nSPS) is 22.1. The van der Waals surface area contributed by atoms with Crippen molar-refractivity contribution in [1.29, 1.82) is 0 Å². The van der Waals surface area contributed by atoms with Gasteiger partial charge in [0, 0.05) is 24.2 Å². The number of alkyl halides is 3. The molecule has 0 aromatic heterocycles. The lowest BCUT2D eigenvalue weighted by molar-refractivity contribution is -0.256. The Hall–Kier alpha value is -2.65. The minimum atomic E-state index is -4.13. The van der Waals surface area contributed by atoms with Gasteiger partial charge in [0.25, 0.3) is 5.91 Å². The van der Waals surface area contributed by atoms with Crippen LogP contribution in [0.2, 0.25) is 0 Å². The van der Waals surface area contributed by atoms with E-state index in [-0.39, 0.29) is 49.4 Å². The Labute approximate surface area is 226 Å². The Bertz CT molecular complexity index is 1140. The fourth-order valence-corrected chi connectivity index (χ4v) is 6.16. The summed E-state index contributed by atoms with van der Waals surface area (Å²) in [5.41, 5.74) is -0.196. The van der Waals surface area contributed by atoms with Gasteiger partial charge in [-0.25, -0.2) is 4.39 Å². The number of amides is 1. The van der Waals surface area contributed by atoms with Crippen LogP contribution >= 0.6 is 0 Å². The predicted octanol–water partition coefficient (Wildman–Crippen LogP) is 5.91. The van der Waals surface area contributed by atoms with Gasteiger partial charge in [0.2, 0.25) is 0 Å². The Morgan fingerprint density at radius 2 is 1.72 bits per heavy atom. The third kappa shape index (κ3) is 5.94. The predicted molar refractivity (Wildman–Crippen MR) is 140 cm³/mol. The van der Waals surface area contributed by atoms with Crippen molar-refractivity contribution in [2.45, 2.75) is 57.2 Å². The zero-order valence-electron chi connectivity index (χ0n) is 22.1. The quantitative estimate of drug-likeness (QED) is 0.417. The SMILES string of the molecule is O=C(c1ccc(-c2ccc(OCC3CCN(CC4(C(F)(F)F)CCC4)CC3)cc2)c(F)c1)N1CCC[C@@H]1CO. The van der Waals surface area contributed by atoms with Crippen molar-refractivity contribution < 1.29 is 32.2 Å². The van der Waals surface area contributed by atoms with Gasteiger partial charge in [-0.15, -0.1) is 0 Å². The Morgan fingerprint density at radius 1 is 1.00 bits per heavy atom. The van der Waals surface area contributed by atoms with Gasteiger partial charge < -0.3 is 19.6 Å². The number of piperidine rings is 1. The minimum absolute atomic E-state index is 0.0947. The van der Waals surface area contributed by atoms with Crippen LogP contribution in [-0.4, -0.2) is 72.4 Å². The molecule has 5 nitrogen and oxygen atoms in total. The first-order valence-corrected chi connectivity index (χ1v) is 13.9. The molecule has 1 N–H and O–H groups in total. The summed E-state index contributed by atoms with van der Waals surface area (Å²) < 4.78 is 61.4. The number of nitrogens with zero attached hydrogens (tertiary/aromatic N) is 2. The molecule has 212 valence electrons. The molecule has 0 unspecified atom stereocenters. The van der Waals surface area contributed by atoms with Gasteiger partial charge in [-0.3, -0.25) is 4.79 Å². The molecule has 2 aromatic carbocycles. The molecule has 0 radical (unpaired) electrons. The van der Waals surface area contributed by atoms with Gasteiger partial charge in [0.15, 0.2) is 0 Å². The lowest BCUT2D eigenvalue weighted by Gasteiger charge is -2.47. The molecule has 9 heteroatoms. The highest BCUT2D eigenvalue weighted by Gasteiger charge is 2.58. The number of aliphatic hydroxyl groups is 1. The second-order valence-corrected chi connectivity index (χ2v) is 11.4. The maximum absolute atomic E-state index is 15.0. The van der Waals surface area contributed by atoms with Crippen LogP contribution in [0.4, 0.5) is 17.6 Å². The van der Waals surface area contributed by atoms with Crippen LogP contribution in [0.25, 0.3) is 11.1 Å². The van der Waals surface area contributed by atoms with Gasteiger partial charge in [-0.1, -0.05) is 24.6 Å². The summed E-state index contributed by atoms with van der Waals surface area (Å²) in [7, 11) is 0. The maximum Gasteiger partial charge on any atom is 0.395 e. The molecule has 3 aliphatic rings. The van der Waals surface area contributed by atoms with Crippen molar-refractivity contribution in [1.82, 2.24) is 9.80 Å². The average Bonchev–Trinajstić information content (AvgIpc) is 3.38. The van der Waals surface area contributed by atoms with Crippen LogP contribution < -0.4 is 4.74 Å². The molecule has 0 spiro atoms. The molecule has 1 aliphatic carbocycles. The van der Waals surface area contributed by atoms with Crippen molar-refractivity contribution in [2.24, 2.45) is 11.3 Å². The van der Waals surface area contributed by atoms with Crippen LogP contribution in [0.1, 0.15) is 55.3 Å². The number of carbonyl (C=O) groups excluding carboxylic acids is 1. The second-order valence-electron chi connectivity index (χ2n) is 11.4. The van der Waals surface area contributed by atoms with Crippen LogP contribution in [0.15, 0.2) is 42.5 Å². The number of likely N-dealkylation sites (tertiary alicyclic amines) is 2. The van der Waals surface area contributed by atoms with E-state index in [9.17, 15) is 27.5 Å². The molecular weight excluding hydrogens is 512 g/mol. The molecule has 1 amide bonds. The first kappa shape index (κ1) is 27.9. The van der Waals surface area contributed by atoms with E-state index < -0.39 is 17.4 Å². The molecule has 5 rings (SSSR count). The number of benzene rings is 2. The Balaban J connectivity index is 1.12. The van der Waals surface area contributed by atoms with E-state index in [1.807, 2.05) is 4.90 Å². The molecule has 1 saturated carbocycles. The monoisotopic (exact) mass is 548 g/mol. The lowest BCUT2D eigenvalue weighted by atomic mass is 9.67. The van der Waals surface area contributed by atoms with Gasteiger partial charge in [0.1, 0.15) is 11.6 Å². The summed E-state index contributed by atoms with van der Waals surface area (Å²) in [6, 6.07) is 11.4. The zero-order chi connectivity index (χ0) is 27.6. The fourth-order valence-electron chi connectivity index (χ4n) is 6.16. The lowest BCUT2D eigenvalue weighted by Crippen LogP contribution is -2.53. The number of aliphatic hydroxyl groups excluding tert-OH is 1. The second kappa shape index (κ2) is 11.5. The summed E-state index contributed by atoms with van der Waals surface area (Å²) in [6.45, 7) is 2.38. The molecular formula is C30H36F4N2O3. The van der Waals surface area contributed by atoms with Crippen LogP contribution in [0.3, 0.4) is 0 Å². The number of rotatable bonds is 8. The van der Waals surface area contributed by atoms with Crippen molar-refractivity contribution in [2.75, 3.05) is 39.4 Å². The summed E-state index contributed by atoms with van der Waals surface area (Å²) in [5, 5.41) is 9.48. The highest BCUT2D eigenvalue weighted by atomic mass is 19.4. The summed E-state index contributed by atoms with van der Waals surface area (Å²) in [6.07, 6.45) is 0.198. The van der Waals surface area contributed by atoms with Crippen molar-refractivity contribution in [3.8, 4) is 16.9 Å². The third-order valence-corrected chi connectivity index (χ3v) is 8.86. The third-order valence-electron chi connectivity index (χ3n) is 8.86. The van der Waals surface area contributed by atoms with Crippen molar-refractivity contribution >= 4 is 5.91 Å². The smallest absolute Gasteiger partial charge is 0.395 e. The molecule has 2 aliphatic heterocycles. The fraction of sp³-hybridized carbons (Fsp3) is 0.567. The van der Waals surface area contributed by atoms with E-state index in [4.69, 9.17) is 4.74 Å². The summed E-state index contributed by atoms with van der Waals surface area (Å²) in [4.78, 5) is 16.4. The number of hydrogen-bond donors (Lipinski definition) is 1. The van der Waals surface area contributed by atoms with E-state index >= 15 is 0 Å². The van der Waals surface area contributed by atoms with Crippen LogP contribution in [0, 0.1) is 17.2 Å². The van der Waals surface area contributed by atoms with Gasteiger partial charge >= 0.3 is 6.18 Å². The molecule has 0 bridgehead atoms. The Morgan fingerprint density at radius 3 is 2.31 bits per heavy atom. The molecule has 1 atom stereocenters. The first-order valence-electron chi connectivity index (χ1n) is 13.9. The van der Waals surface area contributed by atoms with E-state index in [0.29, 0.717) is 49.5 Å².